The van der Waals surface area contributed by atoms with Crippen LogP contribution < -0.4 is 0 Å². The zero-order chi connectivity index (χ0) is 11.2. The second kappa shape index (κ2) is 6.70. The minimum Gasteiger partial charge on any atom is -0.389 e. The zero-order valence-corrected chi connectivity index (χ0v) is 11.0. The van der Waals surface area contributed by atoms with Crippen molar-refractivity contribution in [3.63, 3.8) is 0 Å². The molecule has 86 valence electrons. The smallest absolute Gasteiger partial charge is 0.0768 e. The Morgan fingerprint density at radius 2 is 1.86 bits per heavy atom. The van der Waals surface area contributed by atoms with Gasteiger partial charge in [-0.05, 0) is 33.1 Å². The standard InChI is InChI=1S/C11H25NOS/c1-6-11(13,7-2)9-12(4)10(3)8-14-5/h10,13H,6-9H2,1-5H3. The molecule has 0 fully saturated rings. The molecule has 14 heavy (non-hydrogen) atoms. The quantitative estimate of drug-likeness (QED) is 0.710. The van der Waals surface area contributed by atoms with Crippen LogP contribution in [-0.4, -0.2) is 47.3 Å². The molecule has 0 saturated carbocycles. The minimum atomic E-state index is -0.499. The second-order valence-electron chi connectivity index (χ2n) is 4.15. The van der Waals surface area contributed by atoms with Gasteiger partial charge >= 0.3 is 0 Å². The lowest BCUT2D eigenvalue weighted by Crippen LogP contribution is -2.44. The fraction of sp³-hybridized carbons (Fsp3) is 1.00. The largest absolute Gasteiger partial charge is 0.389 e. The number of hydrogen-bond acceptors (Lipinski definition) is 3. The van der Waals surface area contributed by atoms with Crippen molar-refractivity contribution < 1.29 is 5.11 Å². The van der Waals surface area contributed by atoms with Gasteiger partial charge < -0.3 is 10.0 Å². The molecule has 0 aromatic carbocycles. The molecule has 1 unspecified atom stereocenters. The van der Waals surface area contributed by atoms with Gasteiger partial charge in [-0.3, -0.25) is 0 Å². The first-order valence-electron chi connectivity index (χ1n) is 5.40. The van der Waals surface area contributed by atoms with Gasteiger partial charge in [-0.1, -0.05) is 13.8 Å². The van der Waals surface area contributed by atoms with Crippen molar-refractivity contribution in [2.75, 3.05) is 25.6 Å². The first kappa shape index (κ1) is 14.3. The monoisotopic (exact) mass is 219 g/mol. The molecule has 0 aliphatic heterocycles. The van der Waals surface area contributed by atoms with Crippen LogP contribution in [0.1, 0.15) is 33.6 Å². The molecule has 1 N–H and O–H groups in total. The Hall–Kier alpha value is 0.270. The summed E-state index contributed by atoms with van der Waals surface area (Å²) >= 11 is 1.86. The summed E-state index contributed by atoms with van der Waals surface area (Å²) in [5.74, 6) is 1.13. The first-order chi connectivity index (χ1) is 6.49. The summed E-state index contributed by atoms with van der Waals surface area (Å²) in [4.78, 5) is 2.25. The van der Waals surface area contributed by atoms with Crippen LogP contribution in [0.15, 0.2) is 0 Å². The van der Waals surface area contributed by atoms with Crippen LogP contribution in [0, 0.1) is 0 Å². The molecule has 3 heteroatoms. The number of nitrogens with zero attached hydrogens (tertiary/aromatic N) is 1. The fourth-order valence-corrected chi connectivity index (χ4v) is 2.20. The normalized spacial score (nSPS) is 14.8. The predicted octanol–water partition coefficient (Wildman–Crippen LogP) is 2.22. The van der Waals surface area contributed by atoms with E-state index in [0.29, 0.717) is 6.04 Å². The van der Waals surface area contributed by atoms with Gasteiger partial charge in [0.05, 0.1) is 5.60 Å². The van der Waals surface area contributed by atoms with Gasteiger partial charge in [-0.2, -0.15) is 11.8 Å². The molecule has 0 aliphatic carbocycles. The molecule has 0 saturated heterocycles. The van der Waals surface area contributed by atoms with Crippen LogP contribution >= 0.6 is 11.8 Å². The lowest BCUT2D eigenvalue weighted by molar-refractivity contribution is -0.00323. The molecule has 1 atom stereocenters. The van der Waals surface area contributed by atoms with Gasteiger partial charge in [0, 0.05) is 18.3 Å². The summed E-state index contributed by atoms with van der Waals surface area (Å²) in [7, 11) is 2.09. The highest BCUT2D eigenvalue weighted by Gasteiger charge is 2.25. The molecule has 0 radical (unpaired) electrons. The average Bonchev–Trinajstić information content (AvgIpc) is 2.18. The highest BCUT2D eigenvalue weighted by molar-refractivity contribution is 7.98. The summed E-state index contributed by atoms with van der Waals surface area (Å²) in [6, 6.07) is 0.537. The van der Waals surface area contributed by atoms with Gasteiger partial charge in [0.1, 0.15) is 0 Å². The fourth-order valence-electron chi connectivity index (χ4n) is 1.46. The zero-order valence-electron chi connectivity index (χ0n) is 10.2. The van der Waals surface area contributed by atoms with E-state index in [9.17, 15) is 5.11 Å². The molecule has 0 rings (SSSR count). The molecule has 0 aromatic heterocycles. The Kier molecular flexibility index (Phi) is 6.83. The molecule has 0 aromatic rings. The Balaban J connectivity index is 4.07. The van der Waals surface area contributed by atoms with Crippen LogP contribution in [0.5, 0.6) is 0 Å². The number of likely N-dealkylation sites (N-methyl/N-ethyl adjacent to an activating group) is 1. The molecule has 0 bridgehead atoms. The summed E-state index contributed by atoms with van der Waals surface area (Å²) in [5.41, 5.74) is -0.499. The number of aliphatic hydroxyl groups is 1. The van der Waals surface area contributed by atoms with Crippen LogP contribution in [0.2, 0.25) is 0 Å². The summed E-state index contributed by atoms with van der Waals surface area (Å²) in [5, 5.41) is 10.2. The summed E-state index contributed by atoms with van der Waals surface area (Å²) in [6.45, 7) is 7.09. The lowest BCUT2D eigenvalue weighted by atomic mass is 9.96. The number of rotatable bonds is 7. The van der Waals surface area contributed by atoms with Crippen LogP contribution in [0.25, 0.3) is 0 Å². The van der Waals surface area contributed by atoms with E-state index in [1.165, 1.54) is 0 Å². The minimum absolute atomic E-state index is 0.499. The van der Waals surface area contributed by atoms with Gasteiger partial charge in [0.15, 0.2) is 0 Å². The Labute approximate surface area is 93.1 Å². The molecular formula is C11H25NOS. The molecule has 0 aliphatic rings. The average molecular weight is 219 g/mol. The number of thioether (sulfide) groups is 1. The van der Waals surface area contributed by atoms with Crippen molar-refractivity contribution in [3.05, 3.63) is 0 Å². The maximum Gasteiger partial charge on any atom is 0.0768 e. The van der Waals surface area contributed by atoms with Crippen molar-refractivity contribution >= 4 is 11.8 Å². The SMILES string of the molecule is CCC(O)(CC)CN(C)C(C)CSC. The van der Waals surface area contributed by atoms with Gasteiger partial charge in [-0.15, -0.1) is 0 Å². The third-order valence-corrected chi connectivity index (χ3v) is 3.84. The second-order valence-corrected chi connectivity index (χ2v) is 5.06. The van der Waals surface area contributed by atoms with E-state index >= 15 is 0 Å². The van der Waals surface area contributed by atoms with Crippen molar-refractivity contribution in [1.82, 2.24) is 4.90 Å². The maximum absolute atomic E-state index is 10.2. The molecule has 0 spiro atoms. The van der Waals surface area contributed by atoms with E-state index in [2.05, 4.69) is 39.0 Å². The topological polar surface area (TPSA) is 23.5 Å². The molecular weight excluding hydrogens is 194 g/mol. The van der Waals surface area contributed by atoms with Crippen LogP contribution in [0.3, 0.4) is 0 Å². The highest BCUT2D eigenvalue weighted by Crippen LogP contribution is 2.17. The first-order valence-corrected chi connectivity index (χ1v) is 6.80. The van der Waals surface area contributed by atoms with Crippen LogP contribution in [0.4, 0.5) is 0 Å². The lowest BCUT2D eigenvalue weighted by Gasteiger charge is -2.33. The maximum atomic E-state index is 10.2. The van der Waals surface area contributed by atoms with E-state index in [4.69, 9.17) is 0 Å². The third-order valence-electron chi connectivity index (χ3n) is 3.02. The van der Waals surface area contributed by atoms with Crippen molar-refractivity contribution in [2.45, 2.75) is 45.3 Å². The van der Waals surface area contributed by atoms with E-state index in [1.807, 2.05) is 11.8 Å². The molecule has 0 amide bonds. The van der Waals surface area contributed by atoms with E-state index in [0.717, 1.165) is 25.1 Å². The van der Waals surface area contributed by atoms with Crippen molar-refractivity contribution in [2.24, 2.45) is 0 Å². The summed E-state index contributed by atoms with van der Waals surface area (Å²) in [6.07, 6.45) is 3.79. The van der Waals surface area contributed by atoms with Gasteiger partial charge in [0.25, 0.3) is 0 Å². The highest BCUT2D eigenvalue weighted by atomic mass is 32.2. The van der Waals surface area contributed by atoms with Crippen molar-refractivity contribution in [3.8, 4) is 0 Å². The van der Waals surface area contributed by atoms with E-state index in [1.54, 1.807) is 0 Å². The predicted molar refractivity (Wildman–Crippen MR) is 66.0 cm³/mol. The Morgan fingerprint density at radius 3 is 2.21 bits per heavy atom. The van der Waals surface area contributed by atoms with Crippen LogP contribution in [-0.2, 0) is 0 Å². The molecule has 0 heterocycles. The Bertz CT molecular complexity index is 148. The Morgan fingerprint density at radius 1 is 1.36 bits per heavy atom. The van der Waals surface area contributed by atoms with Crippen molar-refractivity contribution in [1.29, 1.82) is 0 Å². The van der Waals surface area contributed by atoms with Gasteiger partial charge in [0.2, 0.25) is 0 Å². The van der Waals surface area contributed by atoms with Gasteiger partial charge in [-0.25, -0.2) is 0 Å². The molecule has 2 nitrogen and oxygen atoms in total. The summed E-state index contributed by atoms with van der Waals surface area (Å²) < 4.78 is 0. The van der Waals surface area contributed by atoms with E-state index in [-0.39, 0.29) is 0 Å². The third kappa shape index (κ3) is 4.67. The number of hydrogen-bond donors (Lipinski definition) is 1. The van der Waals surface area contributed by atoms with E-state index < -0.39 is 5.60 Å².